The average Bonchev–Trinajstić information content (AvgIpc) is 2.82. The molecule has 1 aliphatic carbocycles. The molecule has 0 bridgehead atoms. The van der Waals surface area contributed by atoms with Crippen molar-refractivity contribution < 1.29 is 19.1 Å². The number of hydrogen-bond donors (Lipinski definition) is 1. The van der Waals surface area contributed by atoms with Crippen LogP contribution in [-0.4, -0.2) is 78.0 Å². The van der Waals surface area contributed by atoms with Crippen molar-refractivity contribution in [3.8, 4) is 0 Å². The summed E-state index contributed by atoms with van der Waals surface area (Å²) in [6.45, 7) is 7.53. The van der Waals surface area contributed by atoms with E-state index in [1.807, 2.05) is 20.1 Å². The van der Waals surface area contributed by atoms with Crippen molar-refractivity contribution >= 4 is 23.6 Å². The monoisotopic (exact) mass is 464 g/mol. The van der Waals surface area contributed by atoms with E-state index < -0.39 is 0 Å². The van der Waals surface area contributed by atoms with Gasteiger partial charge in [0.2, 0.25) is 0 Å². The summed E-state index contributed by atoms with van der Waals surface area (Å²) in [5.74, 6) is -0.620. The Morgan fingerprint density at radius 1 is 1.12 bits per heavy atom. The van der Waals surface area contributed by atoms with E-state index in [9.17, 15) is 9.59 Å². The number of esters is 1. The van der Waals surface area contributed by atoms with Gasteiger partial charge < -0.3 is 14.8 Å². The van der Waals surface area contributed by atoms with Crippen LogP contribution in [0.3, 0.4) is 0 Å². The van der Waals surface area contributed by atoms with Crippen LogP contribution >= 0.6 is 11.8 Å². The topological polar surface area (TPSA) is 93.6 Å². The zero-order valence-electron chi connectivity index (χ0n) is 19.6. The molecule has 1 aromatic heterocycles. The van der Waals surface area contributed by atoms with Gasteiger partial charge in [0.05, 0.1) is 13.2 Å². The van der Waals surface area contributed by atoms with Gasteiger partial charge in [-0.05, 0) is 44.9 Å². The molecule has 8 nitrogen and oxygen atoms in total. The molecule has 0 spiro atoms. The third-order valence-corrected chi connectivity index (χ3v) is 7.15. The van der Waals surface area contributed by atoms with E-state index in [1.54, 1.807) is 0 Å². The Morgan fingerprint density at radius 3 is 2.41 bits per heavy atom. The molecule has 2 fully saturated rings. The number of thioether (sulfide) groups is 1. The van der Waals surface area contributed by atoms with Crippen molar-refractivity contribution in [1.82, 2.24) is 20.2 Å². The summed E-state index contributed by atoms with van der Waals surface area (Å²) in [6.07, 6.45) is 8.44. The maximum absolute atomic E-state index is 12.4. The molecule has 9 heteroatoms. The van der Waals surface area contributed by atoms with Gasteiger partial charge >= 0.3 is 5.97 Å². The highest BCUT2D eigenvalue weighted by atomic mass is 32.2. The quantitative estimate of drug-likeness (QED) is 0.338. The molecule has 0 radical (unpaired) electrons. The van der Waals surface area contributed by atoms with Crippen LogP contribution in [0.1, 0.15) is 55.5 Å². The summed E-state index contributed by atoms with van der Waals surface area (Å²) in [5, 5.41) is 3.76. The molecular formula is C23H36N4O4S. The first-order valence-electron chi connectivity index (χ1n) is 11.6. The van der Waals surface area contributed by atoms with E-state index in [2.05, 4.69) is 20.2 Å². The lowest BCUT2D eigenvalue weighted by Gasteiger charge is -2.48. The maximum atomic E-state index is 12.4. The van der Waals surface area contributed by atoms with Crippen molar-refractivity contribution in [3.05, 3.63) is 17.0 Å². The highest BCUT2D eigenvalue weighted by molar-refractivity contribution is 7.98. The highest BCUT2D eigenvalue weighted by Crippen LogP contribution is 2.33. The summed E-state index contributed by atoms with van der Waals surface area (Å²) in [7, 11) is 0. The standard InChI is InChI=1S/C23H36N4O4S/c1-17-19(18(2)26-22(25-17)32-3)7-8-21(29)31-15-20(28)24-16-23(9-5-4-6-10-23)27-11-13-30-14-12-27/h4-16H2,1-3H3,(H,24,28). The average molecular weight is 465 g/mol. The van der Waals surface area contributed by atoms with E-state index in [0.717, 1.165) is 61.3 Å². The van der Waals surface area contributed by atoms with E-state index in [1.165, 1.54) is 31.0 Å². The number of aryl methyl sites for hydroxylation is 2. The third-order valence-electron chi connectivity index (χ3n) is 6.61. The minimum Gasteiger partial charge on any atom is -0.456 e. The lowest BCUT2D eigenvalue weighted by atomic mass is 9.79. The second kappa shape index (κ2) is 12.0. The fourth-order valence-corrected chi connectivity index (χ4v) is 5.23. The molecule has 1 N–H and O–H groups in total. The first-order valence-corrected chi connectivity index (χ1v) is 12.8. The van der Waals surface area contributed by atoms with Crippen LogP contribution in [0.15, 0.2) is 5.16 Å². The molecule has 1 aliphatic heterocycles. The number of amides is 1. The fourth-order valence-electron chi connectivity index (χ4n) is 4.77. The Labute approximate surface area is 195 Å². The molecule has 1 aromatic rings. The first-order chi connectivity index (χ1) is 15.4. The Bertz CT molecular complexity index is 769. The van der Waals surface area contributed by atoms with Crippen LogP contribution < -0.4 is 5.32 Å². The lowest BCUT2D eigenvalue weighted by molar-refractivity contribution is -0.148. The maximum Gasteiger partial charge on any atom is 0.306 e. The van der Waals surface area contributed by atoms with Crippen LogP contribution in [0.4, 0.5) is 0 Å². The van der Waals surface area contributed by atoms with Gasteiger partial charge in [-0.15, -0.1) is 0 Å². The molecule has 0 unspecified atom stereocenters. The molecule has 2 heterocycles. The minimum absolute atomic E-state index is 0.000307. The molecule has 2 aliphatic rings. The fraction of sp³-hybridized carbons (Fsp3) is 0.739. The number of carbonyl (C=O) groups is 2. The Hall–Kier alpha value is -1.71. The normalized spacial score (nSPS) is 18.8. The predicted octanol–water partition coefficient (Wildman–Crippen LogP) is 2.44. The Morgan fingerprint density at radius 2 is 1.78 bits per heavy atom. The minimum atomic E-state index is -0.381. The summed E-state index contributed by atoms with van der Waals surface area (Å²) >= 11 is 1.50. The number of nitrogens with one attached hydrogen (secondary N) is 1. The third kappa shape index (κ3) is 6.65. The Balaban J connectivity index is 1.44. The molecule has 1 amide bonds. The summed E-state index contributed by atoms with van der Waals surface area (Å²) in [5.41, 5.74) is 2.73. The van der Waals surface area contributed by atoms with Crippen LogP contribution in [0.25, 0.3) is 0 Å². The largest absolute Gasteiger partial charge is 0.456 e. The SMILES string of the molecule is CSc1nc(C)c(CCC(=O)OCC(=O)NCC2(N3CCOCC3)CCCCC2)c(C)n1. The number of carbonyl (C=O) groups excluding carboxylic acids is 2. The number of morpholine rings is 1. The predicted molar refractivity (Wildman–Crippen MR) is 124 cm³/mol. The molecular weight excluding hydrogens is 428 g/mol. The molecule has 0 atom stereocenters. The Kier molecular flexibility index (Phi) is 9.31. The summed E-state index contributed by atoms with van der Waals surface area (Å²) < 4.78 is 10.8. The number of hydrogen-bond acceptors (Lipinski definition) is 8. The molecule has 1 saturated heterocycles. The van der Waals surface area contributed by atoms with Crippen molar-refractivity contribution in [2.24, 2.45) is 0 Å². The van der Waals surface area contributed by atoms with Crippen LogP contribution in [-0.2, 0) is 25.5 Å². The highest BCUT2D eigenvalue weighted by Gasteiger charge is 2.38. The lowest BCUT2D eigenvalue weighted by Crippen LogP contribution is -2.59. The molecule has 1 saturated carbocycles. The van der Waals surface area contributed by atoms with E-state index in [0.29, 0.717) is 13.0 Å². The van der Waals surface area contributed by atoms with E-state index in [4.69, 9.17) is 9.47 Å². The number of rotatable bonds is 9. The second-order valence-electron chi connectivity index (χ2n) is 8.68. The molecule has 0 aromatic carbocycles. The zero-order chi connectivity index (χ0) is 23.0. The summed E-state index contributed by atoms with van der Waals surface area (Å²) in [4.78, 5) is 36.0. The van der Waals surface area contributed by atoms with Crippen LogP contribution in [0, 0.1) is 13.8 Å². The zero-order valence-corrected chi connectivity index (χ0v) is 20.4. The first kappa shape index (κ1) is 24.9. The molecule has 178 valence electrons. The van der Waals surface area contributed by atoms with Crippen LogP contribution in [0.2, 0.25) is 0 Å². The van der Waals surface area contributed by atoms with Gasteiger partial charge in [-0.1, -0.05) is 31.0 Å². The van der Waals surface area contributed by atoms with Crippen molar-refractivity contribution in [3.63, 3.8) is 0 Å². The van der Waals surface area contributed by atoms with E-state index >= 15 is 0 Å². The number of nitrogens with zero attached hydrogens (tertiary/aromatic N) is 3. The second-order valence-corrected chi connectivity index (χ2v) is 9.45. The van der Waals surface area contributed by atoms with Gasteiger partial charge in [0.25, 0.3) is 5.91 Å². The molecule has 32 heavy (non-hydrogen) atoms. The van der Waals surface area contributed by atoms with Crippen LogP contribution in [0.5, 0.6) is 0 Å². The van der Waals surface area contributed by atoms with E-state index in [-0.39, 0.29) is 30.4 Å². The van der Waals surface area contributed by atoms with Gasteiger partial charge in [0.1, 0.15) is 0 Å². The molecule has 3 rings (SSSR count). The van der Waals surface area contributed by atoms with Gasteiger partial charge in [0, 0.05) is 43.0 Å². The number of aromatic nitrogens is 2. The summed E-state index contributed by atoms with van der Waals surface area (Å²) in [6, 6.07) is 0. The number of ether oxygens (including phenoxy) is 2. The van der Waals surface area contributed by atoms with Gasteiger partial charge in [-0.25, -0.2) is 9.97 Å². The smallest absolute Gasteiger partial charge is 0.306 e. The van der Waals surface area contributed by atoms with Crippen molar-refractivity contribution in [2.75, 3.05) is 45.7 Å². The van der Waals surface area contributed by atoms with Gasteiger partial charge in [-0.3, -0.25) is 14.5 Å². The van der Waals surface area contributed by atoms with Crippen molar-refractivity contribution in [2.45, 2.75) is 69.5 Å². The van der Waals surface area contributed by atoms with Gasteiger partial charge in [0.15, 0.2) is 11.8 Å². The van der Waals surface area contributed by atoms with Gasteiger partial charge in [-0.2, -0.15) is 0 Å². The van der Waals surface area contributed by atoms with Crippen molar-refractivity contribution in [1.29, 1.82) is 0 Å².